The Bertz CT molecular complexity index is 630. The van der Waals surface area contributed by atoms with Crippen molar-refractivity contribution in [3.05, 3.63) is 0 Å². The highest BCUT2D eigenvalue weighted by Gasteiger charge is 2.43. The van der Waals surface area contributed by atoms with Gasteiger partial charge in [-0.2, -0.15) is 0 Å². The lowest BCUT2D eigenvalue weighted by atomic mass is 9.88. The molecule has 0 aliphatic heterocycles. The summed E-state index contributed by atoms with van der Waals surface area (Å²) in [6, 6.07) is -1.11. The number of carbonyl (C=O) groups excluding carboxylic acids is 2. The summed E-state index contributed by atoms with van der Waals surface area (Å²) in [5.74, 6) is -0.918. The van der Waals surface area contributed by atoms with Crippen LogP contribution in [-0.2, 0) is 19.0 Å². The van der Waals surface area contributed by atoms with E-state index in [0.717, 1.165) is 25.7 Å². The highest BCUT2D eigenvalue weighted by molar-refractivity contribution is 5.86. The molecule has 1 aliphatic rings. The number of alkyl carbamates (subject to hydrolysis) is 1. The lowest BCUT2D eigenvalue weighted by Gasteiger charge is -2.42. The summed E-state index contributed by atoms with van der Waals surface area (Å²) >= 11 is 0. The average Bonchev–Trinajstić information content (AvgIpc) is 2.73. The maximum absolute atomic E-state index is 13.3. The number of nitrogens with zero attached hydrogens (tertiary/aromatic N) is 1. The summed E-state index contributed by atoms with van der Waals surface area (Å²) in [4.78, 5) is 25.8. The van der Waals surface area contributed by atoms with E-state index in [1.807, 2.05) is 6.92 Å². The van der Waals surface area contributed by atoms with Crippen molar-refractivity contribution in [3.63, 3.8) is 0 Å². The fourth-order valence-corrected chi connectivity index (χ4v) is 3.93. The Hall–Kier alpha value is -2.07. The second-order valence-corrected chi connectivity index (χ2v) is 9.38. The van der Waals surface area contributed by atoms with E-state index in [1.54, 1.807) is 41.9 Å². The van der Waals surface area contributed by atoms with Crippen LogP contribution in [-0.4, -0.2) is 67.3 Å². The van der Waals surface area contributed by atoms with Crippen LogP contribution >= 0.6 is 0 Å². The first-order valence-electron chi connectivity index (χ1n) is 11.3. The molecule has 0 aromatic rings. The van der Waals surface area contributed by atoms with Crippen molar-refractivity contribution in [2.75, 3.05) is 20.8 Å². The van der Waals surface area contributed by atoms with Gasteiger partial charge in [-0.3, -0.25) is 4.79 Å². The molecule has 3 unspecified atom stereocenters. The van der Waals surface area contributed by atoms with Gasteiger partial charge in [0, 0.05) is 27.2 Å². The smallest absolute Gasteiger partial charge is 0.408 e. The molecule has 0 heterocycles. The molecule has 1 fully saturated rings. The molecule has 3 atom stereocenters. The van der Waals surface area contributed by atoms with Crippen LogP contribution in [0.25, 0.3) is 0 Å². The van der Waals surface area contributed by atoms with Gasteiger partial charge in [0.2, 0.25) is 5.91 Å². The maximum atomic E-state index is 13.3. The molecule has 1 rings (SSSR count). The molecule has 10 nitrogen and oxygen atoms in total. The normalized spacial score (nSPS) is 20.7. The summed E-state index contributed by atoms with van der Waals surface area (Å²) in [7, 11) is 3.16. The van der Waals surface area contributed by atoms with Gasteiger partial charge in [-0.05, 0) is 59.3 Å². The Kier molecular flexibility index (Phi) is 11.2. The van der Waals surface area contributed by atoms with E-state index in [2.05, 4.69) is 21.1 Å². The van der Waals surface area contributed by atoms with E-state index in [-0.39, 0.29) is 17.9 Å². The Morgan fingerprint density at radius 2 is 1.88 bits per heavy atom. The Balaban J connectivity index is 2.89. The number of hydrogen-bond donors (Lipinski definition) is 4. The van der Waals surface area contributed by atoms with E-state index < -0.39 is 23.5 Å². The minimum absolute atomic E-state index is 0.168. The van der Waals surface area contributed by atoms with Crippen LogP contribution < -0.4 is 16.0 Å². The van der Waals surface area contributed by atoms with Crippen LogP contribution in [0.3, 0.4) is 0 Å². The van der Waals surface area contributed by atoms with Crippen molar-refractivity contribution < 1.29 is 29.0 Å². The zero-order valence-electron chi connectivity index (χ0n) is 20.6. The third-order valence-corrected chi connectivity index (χ3v) is 5.70. The highest BCUT2D eigenvalue weighted by atomic mass is 16.7. The maximum Gasteiger partial charge on any atom is 0.408 e. The number of methoxy groups -OCH3 is 2. The van der Waals surface area contributed by atoms with Crippen molar-refractivity contribution in [3.8, 4) is 0 Å². The first-order valence-corrected chi connectivity index (χ1v) is 11.3. The molecule has 32 heavy (non-hydrogen) atoms. The molecule has 0 aromatic carbocycles. The van der Waals surface area contributed by atoms with Crippen molar-refractivity contribution in [1.29, 1.82) is 0 Å². The van der Waals surface area contributed by atoms with Gasteiger partial charge in [-0.1, -0.05) is 18.5 Å². The molecule has 10 heteroatoms. The van der Waals surface area contributed by atoms with Crippen molar-refractivity contribution in [2.45, 2.75) is 96.6 Å². The van der Waals surface area contributed by atoms with Gasteiger partial charge in [0.1, 0.15) is 17.5 Å². The van der Waals surface area contributed by atoms with Crippen molar-refractivity contribution in [2.24, 2.45) is 11.1 Å². The minimum Gasteiger partial charge on any atom is -0.444 e. The second-order valence-electron chi connectivity index (χ2n) is 9.38. The fraction of sp³-hybridized carbons (Fsp3) is 0.864. The van der Waals surface area contributed by atoms with Crippen LogP contribution in [0, 0.1) is 5.92 Å². The molecule has 186 valence electrons. The van der Waals surface area contributed by atoms with Gasteiger partial charge >= 0.3 is 6.09 Å². The quantitative estimate of drug-likeness (QED) is 0.0989. The van der Waals surface area contributed by atoms with Crippen LogP contribution in [0.15, 0.2) is 5.16 Å². The molecule has 0 bridgehead atoms. The first kappa shape index (κ1) is 28.0. The van der Waals surface area contributed by atoms with E-state index in [1.165, 1.54) is 0 Å². The SMILES string of the molecule is COC1(OC)CCCCC1NC(=O)C(NC(=O)OC(C)(C)C)C(C)CCCN/C(C)=N/O. The van der Waals surface area contributed by atoms with Gasteiger partial charge in [-0.15, -0.1) is 0 Å². The molecule has 1 aliphatic carbocycles. The van der Waals surface area contributed by atoms with E-state index in [9.17, 15) is 9.59 Å². The molecular formula is C22H42N4O6. The fourth-order valence-electron chi connectivity index (χ4n) is 3.93. The van der Waals surface area contributed by atoms with Crippen molar-refractivity contribution >= 4 is 17.8 Å². The van der Waals surface area contributed by atoms with Crippen LogP contribution in [0.4, 0.5) is 4.79 Å². The lowest BCUT2D eigenvalue weighted by Crippen LogP contribution is -2.61. The number of amidine groups is 1. The highest BCUT2D eigenvalue weighted by Crippen LogP contribution is 2.32. The third kappa shape index (κ3) is 8.82. The Morgan fingerprint density at radius 3 is 2.44 bits per heavy atom. The van der Waals surface area contributed by atoms with E-state index >= 15 is 0 Å². The van der Waals surface area contributed by atoms with E-state index in [4.69, 9.17) is 19.4 Å². The van der Waals surface area contributed by atoms with Crippen LogP contribution in [0.1, 0.15) is 73.1 Å². The van der Waals surface area contributed by atoms with Gasteiger partial charge in [0.25, 0.3) is 0 Å². The monoisotopic (exact) mass is 458 g/mol. The van der Waals surface area contributed by atoms with E-state index in [0.29, 0.717) is 25.2 Å². The van der Waals surface area contributed by atoms with Gasteiger partial charge in [0.15, 0.2) is 5.79 Å². The van der Waals surface area contributed by atoms with Gasteiger partial charge < -0.3 is 35.4 Å². The summed E-state index contributed by atoms with van der Waals surface area (Å²) < 4.78 is 16.7. The number of oxime groups is 1. The number of hydrogen-bond acceptors (Lipinski definition) is 7. The van der Waals surface area contributed by atoms with Gasteiger partial charge in [0.05, 0.1) is 6.04 Å². The second kappa shape index (κ2) is 12.8. The molecule has 0 saturated heterocycles. The molecule has 2 amide bonds. The number of rotatable bonds is 10. The van der Waals surface area contributed by atoms with Crippen molar-refractivity contribution in [1.82, 2.24) is 16.0 Å². The summed E-state index contributed by atoms with van der Waals surface area (Å²) in [6.45, 7) is 9.47. The molecular weight excluding hydrogens is 416 g/mol. The topological polar surface area (TPSA) is 131 Å². The third-order valence-electron chi connectivity index (χ3n) is 5.70. The predicted molar refractivity (Wildman–Crippen MR) is 122 cm³/mol. The summed E-state index contributed by atoms with van der Waals surface area (Å²) in [5, 5.41) is 20.6. The standard InChI is InChI=1S/C22H42N4O6/c1-15(11-10-14-23-16(2)26-29)18(25-20(28)32-21(3,4)5)19(27)24-17-12-8-9-13-22(17,30-6)31-7/h15,17-18,29H,8-14H2,1-7H3,(H,23,26)(H,24,27)(H,25,28). The van der Waals surface area contributed by atoms with Crippen LogP contribution in [0.2, 0.25) is 0 Å². The first-order chi connectivity index (χ1) is 15.0. The number of nitrogens with one attached hydrogen (secondary N) is 3. The number of amides is 2. The number of ether oxygens (including phenoxy) is 3. The Labute approximate surface area is 191 Å². The summed E-state index contributed by atoms with van der Waals surface area (Å²) in [5.41, 5.74) is -0.677. The summed E-state index contributed by atoms with van der Waals surface area (Å²) in [6.07, 6.45) is 4.05. The largest absolute Gasteiger partial charge is 0.444 e. The molecule has 0 spiro atoms. The Morgan fingerprint density at radius 1 is 1.22 bits per heavy atom. The predicted octanol–water partition coefficient (Wildman–Crippen LogP) is 2.74. The van der Waals surface area contributed by atoms with Gasteiger partial charge in [-0.25, -0.2) is 4.79 Å². The molecule has 4 N–H and O–H groups in total. The molecule has 1 saturated carbocycles. The number of carbonyl (C=O) groups is 2. The molecule has 0 aromatic heterocycles. The van der Waals surface area contributed by atoms with Crippen LogP contribution in [0.5, 0.6) is 0 Å². The zero-order chi connectivity index (χ0) is 24.4. The lowest BCUT2D eigenvalue weighted by molar-refractivity contribution is -0.238. The molecule has 0 radical (unpaired) electrons. The minimum atomic E-state index is -0.876. The average molecular weight is 459 g/mol. The zero-order valence-corrected chi connectivity index (χ0v) is 20.6.